The van der Waals surface area contributed by atoms with Gasteiger partial charge < -0.3 is 5.32 Å². The molecule has 0 spiro atoms. The zero-order valence-electron chi connectivity index (χ0n) is 10.6. The van der Waals surface area contributed by atoms with E-state index >= 15 is 0 Å². The fourth-order valence-electron chi connectivity index (χ4n) is 1.83. The van der Waals surface area contributed by atoms with Crippen molar-refractivity contribution >= 4 is 5.69 Å². The van der Waals surface area contributed by atoms with Gasteiger partial charge >= 0.3 is 0 Å². The van der Waals surface area contributed by atoms with Crippen LogP contribution in [0.3, 0.4) is 0 Å². The van der Waals surface area contributed by atoms with Gasteiger partial charge in [0.25, 0.3) is 0 Å². The minimum atomic E-state index is -0.238. The molecule has 20 heavy (non-hydrogen) atoms. The Balaban J connectivity index is 1.79. The average molecular weight is 269 g/mol. The molecule has 100 valence electrons. The summed E-state index contributed by atoms with van der Waals surface area (Å²) in [4.78, 5) is 8.20. The van der Waals surface area contributed by atoms with E-state index in [0.717, 1.165) is 11.3 Å². The van der Waals surface area contributed by atoms with Gasteiger partial charge in [0, 0.05) is 12.7 Å². The molecule has 0 amide bonds. The Labute approximate surface area is 115 Å². The van der Waals surface area contributed by atoms with Crippen LogP contribution in [-0.4, -0.2) is 19.7 Å². The summed E-state index contributed by atoms with van der Waals surface area (Å²) in [5, 5.41) is 7.33. The van der Waals surface area contributed by atoms with Crippen LogP contribution >= 0.6 is 0 Å². The van der Waals surface area contributed by atoms with Gasteiger partial charge in [-0.25, -0.2) is 19.0 Å². The number of benzene rings is 1. The third-order valence-corrected chi connectivity index (χ3v) is 2.82. The summed E-state index contributed by atoms with van der Waals surface area (Å²) in [6, 6.07) is 10.1. The molecule has 5 nitrogen and oxygen atoms in total. The molecule has 6 heteroatoms. The molecular formula is C14H12FN5. The van der Waals surface area contributed by atoms with Gasteiger partial charge in [0.15, 0.2) is 5.82 Å². The average Bonchev–Trinajstić information content (AvgIpc) is 3.01. The SMILES string of the molecule is Fc1ccc(CNc2cccnc2-n2cncn2)cc1. The number of aromatic nitrogens is 4. The smallest absolute Gasteiger partial charge is 0.178 e. The summed E-state index contributed by atoms with van der Waals surface area (Å²) in [5.41, 5.74) is 1.82. The first kappa shape index (κ1) is 12.3. The molecule has 0 aliphatic rings. The number of halogens is 1. The molecule has 1 aromatic carbocycles. The Bertz CT molecular complexity index is 679. The second kappa shape index (κ2) is 5.48. The molecule has 0 atom stereocenters. The van der Waals surface area contributed by atoms with Gasteiger partial charge in [-0.15, -0.1) is 0 Å². The van der Waals surface area contributed by atoms with E-state index in [1.54, 1.807) is 29.3 Å². The fraction of sp³-hybridized carbons (Fsp3) is 0.0714. The number of nitrogens with one attached hydrogen (secondary N) is 1. The maximum atomic E-state index is 12.9. The summed E-state index contributed by atoms with van der Waals surface area (Å²) < 4.78 is 14.4. The van der Waals surface area contributed by atoms with Gasteiger partial charge in [-0.2, -0.15) is 5.10 Å². The van der Waals surface area contributed by atoms with Crippen molar-refractivity contribution in [2.45, 2.75) is 6.54 Å². The van der Waals surface area contributed by atoms with E-state index in [-0.39, 0.29) is 5.82 Å². The monoisotopic (exact) mass is 269 g/mol. The highest BCUT2D eigenvalue weighted by molar-refractivity contribution is 5.56. The van der Waals surface area contributed by atoms with Gasteiger partial charge in [-0.1, -0.05) is 12.1 Å². The lowest BCUT2D eigenvalue weighted by molar-refractivity contribution is 0.627. The quantitative estimate of drug-likeness (QED) is 0.790. The summed E-state index contributed by atoms with van der Waals surface area (Å²) in [7, 11) is 0. The number of hydrogen-bond acceptors (Lipinski definition) is 4. The molecule has 0 aliphatic carbocycles. The summed E-state index contributed by atoms with van der Waals surface area (Å²) in [6.45, 7) is 0.577. The van der Waals surface area contributed by atoms with Crippen molar-refractivity contribution in [3.05, 3.63) is 66.6 Å². The molecule has 0 aliphatic heterocycles. The molecule has 0 saturated carbocycles. The van der Waals surface area contributed by atoms with Crippen molar-refractivity contribution in [1.82, 2.24) is 19.7 Å². The molecule has 2 heterocycles. The molecule has 3 rings (SSSR count). The molecular weight excluding hydrogens is 257 g/mol. The van der Waals surface area contributed by atoms with Crippen LogP contribution in [0.15, 0.2) is 55.2 Å². The van der Waals surface area contributed by atoms with E-state index in [9.17, 15) is 4.39 Å². The largest absolute Gasteiger partial charge is 0.378 e. The standard InChI is InChI=1S/C14H12FN5/c15-12-5-3-11(4-6-12)8-18-13-2-1-7-17-14(13)20-10-16-9-19-20/h1-7,9-10,18H,8H2. The molecule has 0 radical (unpaired) electrons. The first-order valence-electron chi connectivity index (χ1n) is 6.11. The lowest BCUT2D eigenvalue weighted by Gasteiger charge is -2.10. The van der Waals surface area contributed by atoms with Crippen LogP contribution in [-0.2, 0) is 6.54 Å². The molecule has 0 unspecified atom stereocenters. The van der Waals surface area contributed by atoms with Crippen molar-refractivity contribution in [3.8, 4) is 5.82 Å². The van der Waals surface area contributed by atoms with Crippen molar-refractivity contribution < 1.29 is 4.39 Å². The van der Waals surface area contributed by atoms with Crippen LogP contribution in [0.4, 0.5) is 10.1 Å². The van der Waals surface area contributed by atoms with Gasteiger partial charge in [0.05, 0.1) is 5.69 Å². The predicted molar refractivity (Wildman–Crippen MR) is 72.9 cm³/mol. The van der Waals surface area contributed by atoms with Crippen molar-refractivity contribution in [1.29, 1.82) is 0 Å². The molecule has 0 saturated heterocycles. The number of rotatable bonds is 4. The Hall–Kier alpha value is -2.76. The van der Waals surface area contributed by atoms with Crippen LogP contribution in [0.2, 0.25) is 0 Å². The van der Waals surface area contributed by atoms with Crippen LogP contribution in [0.25, 0.3) is 5.82 Å². The highest BCUT2D eigenvalue weighted by Gasteiger charge is 2.05. The zero-order valence-corrected chi connectivity index (χ0v) is 10.6. The second-order valence-corrected chi connectivity index (χ2v) is 4.19. The van der Waals surface area contributed by atoms with Crippen LogP contribution in [0, 0.1) is 5.82 Å². The lowest BCUT2D eigenvalue weighted by Crippen LogP contribution is -2.06. The molecule has 0 fully saturated rings. The van der Waals surface area contributed by atoms with Crippen molar-refractivity contribution in [2.24, 2.45) is 0 Å². The third-order valence-electron chi connectivity index (χ3n) is 2.82. The summed E-state index contributed by atoms with van der Waals surface area (Å²) in [6.07, 6.45) is 4.74. The van der Waals surface area contributed by atoms with Crippen LogP contribution in [0.1, 0.15) is 5.56 Å². The minimum Gasteiger partial charge on any atom is -0.378 e. The topological polar surface area (TPSA) is 55.6 Å². The van der Waals surface area contributed by atoms with E-state index in [2.05, 4.69) is 20.4 Å². The maximum Gasteiger partial charge on any atom is 0.178 e. The molecule has 1 N–H and O–H groups in total. The van der Waals surface area contributed by atoms with E-state index in [0.29, 0.717) is 12.4 Å². The molecule has 0 bridgehead atoms. The van der Waals surface area contributed by atoms with Gasteiger partial charge in [-0.05, 0) is 29.8 Å². The fourth-order valence-corrected chi connectivity index (χ4v) is 1.83. The molecule has 2 aromatic heterocycles. The van der Waals surface area contributed by atoms with Gasteiger partial charge in [-0.3, -0.25) is 0 Å². The van der Waals surface area contributed by atoms with Crippen molar-refractivity contribution in [3.63, 3.8) is 0 Å². The van der Waals surface area contributed by atoms with Crippen LogP contribution < -0.4 is 5.32 Å². The highest BCUT2D eigenvalue weighted by Crippen LogP contribution is 2.16. The van der Waals surface area contributed by atoms with Gasteiger partial charge in [0.1, 0.15) is 18.5 Å². The summed E-state index contributed by atoms with van der Waals surface area (Å²) >= 11 is 0. The summed E-state index contributed by atoms with van der Waals surface area (Å²) in [5.74, 6) is 0.436. The first-order valence-corrected chi connectivity index (χ1v) is 6.11. The highest BCUT2D eigenvalue weighted by atomic mass is 19.1. The molecule has 3 aromatic rings. The third kappa shape index (κ3) is 2.64. The van der Waals surface area contributed by atoms with Gasteiger partial charge in [0.2, 0.25) is 0 Å². The van der Waals surface area contributed by atoms with E-state index < -0.39 is 0 Å². The number of anilines is 1. The first-order chi connectivity index (χ1) is 9.83. The van der Waals surface area contributed by atoms with E-state index in [1.807, 2.05) is 12.1 Å². The normalized spacial score (nSPS) is 10.4. The van der Waals surface area contributed by atoms with E-state index in [4.69, 9.17) is 0 Å². The van der Waals surface area contributed by atoms with Crippen LogP contribution in [0.5, 0.6) is 0 Å². The Kier molecular flexibility index (Phi) is 3.36. The van der Waals surface area contributed by atoms with Crippen molar-refractivity contribution in [2.75, 3.05) is 5.32 Å². The Morgan fingerprint density at radius 3 is 2.75 bits per heavy atom. The minimum absolute atomic E-state index is 0.238. The zero-order chi connectivity index (χ0) is 13.8. The Morgan fingerprint density at radius 1 is 1.15 bits per heavy atom. The Morgan fingerprint density at radius 2 is 2.00 bits per heavy atom. The second-order valence-electron chi connectivity index (χ2n) is 4.19. The number of nitrogens with zero attached hydrogens (tertiary/aromatic N) is 4. The number of hydrogen-bond donors (Lipinski definition) is 1. The maximum absolute atomic E-state index is 12.9. The lowest BCUT2D eigenvalue weighted by atomic mass is 10.2. The number of pyridine rings is 1. The van der Waals surface area contributed by atoms with E-state index in [1.165, 1.54) is 18.5 Å². The predicted octanol–water partition coefficient (Wildman–Crippen LogP) is 2.41.